The lowest BCUT2D eigenvalue weighted by atomic mass is 10.2. The van der Waals surface area contributed by atoms with Crippen molar-refractivity contribution in [3.63, 3.8) is 0 Å². The maximum atomic E-state index is 11.7. The van der Waals surface area contributed by atoms with E-state index in [9.17, 15) is 4.79 Å². The summed E-state index contributed by atoms with van der Waals surface area (Å²) in [5, 5.41) is 4.22. The first-order valence-electron chi connectivity index (χ1n) is 6.03. The summed E-state index contributed by atoms with van der Waals surface area (Å²) in [5.41, 5.74) is 2.06. The fraction of sp³-hybridized carbons (Fsp3) is 0.286. The monoisotopic (exact) mass is 260 g/mol. The molecule has 2 rings (SSSR count). The normalized spacial score (nSPS) is 10.3. The van der Waals surface area contributed by atoms with Gasteiger partial charge in [-0.15, -0.1) is 0 Å². The van der Waals surface area contributed by atoms with Gasteiger partial charge in [0.2, 0.25) is 0 Å². The van der Waals surface area contributed by atoms with Crippen molar-refractivity contribution in [3.8, 4) is 11.4 Å². The van der Waals surface area contributed by atoms with E-state index in [-0.39, 0.29) is 5.97 Å². The highest BCUT2D eigenvalue weighted by atomic mass is 16.5. The molecule has 1 heterocycles. The third kappa shape index (κ3) is 2.59. The molecule has 0 radical (unpaired) electrons. The minimum Gasteiger partial charge on any atom is -0.497 e. The van der Waals surface area contributed by atoms with E-state index in [1.807, 2.05) is 31.2 Å². The molecule has 0 saturated heterocycles. The molecule has 5 nitrogen and oxygen atoms in total. The third-order valence-corrected chi connectivity index (χ3v) is 2.80. The minimum absolute atomic E-state index is 0.350. The Hall–Kier alpha value is -2.30. The van der Waals surface area contributed by atoms with Crippen LogP contribution in [0.5, 0.6) is 5.75 Å². The Balaban J connectivity index is 2.38. The molecule has 5 heteroatoms. The molecule has 0 N–H and O–H groups in total. The smallest absolute Gasteiger partial charge is 0.341 e. The quantitative estimate of drug-likeness (QED) is 0.792. The van der Waals surface area contributed by atoms with Crippen molar-refractivity contribution >= 4 is 5.97 Å². The van der Waals surface area contributed by atoms with Gasteiger partial charge in [-0.3, -0.25) is 0 Å². The minimum atomic E-state index is -0.353. The Morgan fingerprint density at radius 3 is 2.89 bits per heavy atom. The van der Waals surface area contributed by atoms with E-state index in [1.54, 1.807) is 18.7 Å². The standard InChI is InChI=1S/C14H16N2O3/c1-4-19-14(17)13-9-15-16(10(13)2)11-6-5-7-12(8-11)18-3/h5-9H,4H2,1-3H3. The van der Waals surface area contributed by atoms with Crippen LogP contribution in [0.2, 0.25) is 0 Å². The number of nitrogens with zero attached hydrogens (tertiary/aromatic N) is 2. The SMILES string of the molecule is CCOC(=O)c1cnn(-c2cccc(OC)c2)c1C. The van der Waals surface area contributed by atoms with Crippen LogP contribution in [0.25, 0.3) is 5.69 Å². The van der Waals surface area contributed by atoms with Gasteiger partial charge >= 0.3 is 5.97 Å². The van der Waals surface area contributed by atoms with Crippen molar-refractivity contribution in [2.24, 2.45) is 0 Å². The Kier molecular flexibility index (Phi) is 3.85. The number of esters is 1. The Labute approximate surface area is 111 Å². The molecule has 0 fully saturated rings. The van der Waals surface area contributed by atoms with Crippen molar-refractivity contribution in [2.75, 3.05) is 13.7 Å². The van der Waals surface area contributed by atoms with Crippen molar-refractivity contribution in [1.82, 2.24) is 9.78 Å². The third-order valence-electron chi connectivity index (χ3n) is 2.80. The van der Waals surface area contributed by atoms with Crippen molar-refractivity contribution in [1.29, 1.82) is 0 Å². The molecule has 0 unspecified atom stereocenters. The van der Waals surface area contributed by atoms with Crippen LogP contribution in [0.4, 0.5) is 0 Å². The van der Waals surface area contributed by atoms with Gasteiger partial charge in [0.25, 0.3) is 0 Å². The summed E-state index contributed by atoms with van der Waals surface area (Å²) in [6.45, 7) is 3.96. The molecule has 19 heavy (non-hydrogen) atoms. The van der Waals surface area contributed by atoms with Gasteiger partial charge in [-0.25, -0.2) is 9.48 Å². The second-order valence-electron chi connectivity index (χ2n) is 3.98. The highest BCUT2D eigenvalue weighted by Crippen LogP contribution is 2.19. The fourth-order valence-electron chi connectivity index (χ4n) is 1.82. The van der Waals surface area contributed by atoms with Gasteiger partial charge in [-0.05, 0) is 26.0 Å². The number of benzene rings is 1. The zero-order chi connectivity index (χ0) is 13.8. The van der Waals surface area contributed by atoms with Crippen LogP contribution in [0.1, 0.15) is 23.0 Å². The van der Waals surface area contributed by atoms with Gasteiger partial charge < -0.3 is 9.47 Å². The summed E-state index contributed by atoms with van der Waals surface area (Å²) in [6, 6.07) is 7.49. The number of hydrogen-bond donors (Lipinski definition) is 0. The largest absolute Gasteiger partial charge is 0.497 e. The second-order valence-corrected chi connectivity index (χ2v) is 3.98. The first kappa shape index (κ1) is 13.1. The van der Waals surface area contributed by atoms with E-state index >= 15 is 0 Å². The van der Waals surface area contributed by atoms with E-state index in [0.717, 1.165) is 17.1 Å². The summed E-state index contributed by atoms with van der Waals surface area (Å²) >= 11 is 0. The number of carbonyl (C=O) groups excluding carboxylic acids is 1. The molecule has 1 aromatic heterocycles. The first-order chi connectivity index (χ1) is 9.17. The number of carbonyl (C=O) groups is 1. The topological polar surface area (TPSA) is 53.3 Å². The summed E-state index contributed by atoms with van der Waals surface area (Å²) in [7, 11) is 1.61. The Morgan fingerprint density at radius 2 is 2.21 bits per heavy atom. The van der Waals surface area contributed by atoms with E-state index in [2.05, 4.69) is 5.10 Å². The molecule has 0 aliphatic heterocycles. The van der Waals surface area contributed by atoms with Gasteiger partial charge in [-0.1, -0.05) is 6.07 Å². The summed E-state index contributed by atoms with van der Waals surface area (Å²) in [5.74, 6) is 0.388. The Morgan fingerprint density at radius 1 is 1.42 bits per heavy atom. The van der Waals surface area contributed by atoms with Crippen molar-refractivity contribution in [3.05, 3.63) is 41.7 Å². The zero-order valence-corrected chi connectivity index (χ0v) is 11.2. The van der Waals surface area contributed by atoms with Gasteiger partial charge in [0.1, 0.15) is 11.3 Å². The van der Waals surface area contributed by atoms with Crippen LogP contribution in [0.15, 0.2) is 30.5 Å². The lowest BCUT2D eigenvalue weighted by Gasteiger charge is -2.07. The molecule has 0 aliphatic carbocycles. The summed E-state index contributed by atoms with van der Waals surface area (Å²) < 4.78 is 11.9. The zero-order valence-electron chi connectivity index (χ0n) is 11.2. The van der Waals surface area contributed by atoms with Gasteiger partial charge in [0.05, 0.1) is 31.3 Å². The Bertz CT molecular complexity index is 590. The van der Waals surface area contributed by atoms with Crippen molar-refractivity contribution < 1.29 is 14.3 Å². The van der Waals surface area contributed by atoms with Gasteiger partial charge in [0, 0.05) is 6.07 Å². The maximum absolute atomic E-state index is 11.7. The molecule has 0 bridgehead atoms. The molecule has 2 aromatic rings. The summed E-state index contributed by atoms with van der Waals surface area (Å²) in [4.78, 5) is 11.7. The highest BCUT2D eigenvalue weighted by Gasteiger charge is 2.16. The number of hydrogen-bond acceptors (Lipinski definition) is 4. The molecule has 0 saturated carbocycles. The lowest BCUT2D eigenvalue weighted by molar-refractivity contribution is 0.0525. The average molecular weight is 260 g/mol. The molecular formula is C14H16N2O3. The predicted octanol–water partition coefficient (Wildman–Crippen LogP) is 2.37. The van der Waals surface area contributed by atoms with Gasteiger partial charge in [-0.2, -0.15) is 5.10 Å². The van der Waals surface area contributed by atoms with E-state index < -0.39 is 0 Å². The molecule has 0 atom stereocenters. The number of aromatic nitrogens is 2. The molecular weight excluding hydrogens is 244 g/mol. The first-order valence-corrected chi connectivity index (χ1v) is 6.03. The van der Waals surface area contributed by atoms with Crippen molar-refractivity contribution in [2.45, 2.75) is 13.8 Å². The lowest BCUT2D eigenvalue weighted by Crippen LogP contribution is -2.07. The molecule has 0 amide bonds. The molecule has 1 aromatic carbocycles. The predicted molar refractivity (Wildman–Crippen MR) is 70.8 cm³/mol. The second kappa shape index (κ2) is 5.56. The number of methoxy groups -OCH3 is 1. The maximum Gasteiger partial charge on any atom is 0.341 e. The van der Waals surface area contributed by atoms with Crippen LogP contribution in [-0.2, 0) is 4.74 Å². The van der Waals surface area contributed by atoms with Crippen LogP contribution in [0, 0.1) is 6.92 Å². The van der Waals surface area contributed by atoms with Crippen LogP contribution < -0.4 is 4.74 Å². The van der Waals surface area contributed by atoms with Crippen LogP contribution in [0.3, 0.4) is 0 Å². The van der Waals surface area contributed by atoms with Gasteiger partial charge in [0.15, 0.2) is 0 Å². The molecule has 100 valence electrons. The fourth-order valence-corrected chi connectivity index (χ4v) is 1.82. The molecule has 0 spiro atoms. The van der Waals surface area contributed by atoms with E-state index in [1.165, 1.54) is 6.20 Å². The average Bonchev–Trinajstić information content (AvgIpc) is 2.81. The van der Waals surface area contributed by atoms with Crippen LogP contribution >= 0.6 is 0 Å². The highest BCUT2D eigenvalue weighted by molar-refractivity contribution is 5.90. The van der Waals surface area contributed by atoms with E-state index in [4.69, 9.17) is 9.47 Å². The molecule has 0 aliphatic rings. The van der Waals surface area contributed by atoms with E-state index in [0.29, 0.717) is 12.2 Å². The number of rotatable bonds is 4. The van der Waals surface area contributed by atoms with Crippen LogP contribution in [-0.4, -0.2) is 29.5 Å². The summed E-state index contributed by atoms with van der Waals surface area (Å²) in [6.07, 6.45) is 1.52. The number of ether oxygens (including phenoxy) is 2.